The Hall–Kier alpha value is -4.71. The lowest BCUT2D eigenvalue weighted by atomic mass is 9.82. The van der Waals surface area contributed by atoms with Crippen molar-refractivity contribution in [3.63, 3.8) is 0 Å². The van der Waals surface area contributed by atoms with E-state index in [-0.39, 0.29) is 12.6 Å². The number of urea groups is 1. The summed E-state index contributed by atoms with van der Waals surface area (Å²) in [5, 5.41) is 5.79. The van der Waals surface area contributed by atoms with Crippen LogP contribution in [0.5, 0.6) is 0 Å². The molecule has 1 aliphatic heterocycles. The van der Waals surface area contributed by atoms with Gasteiger partial charge in [0.15, 0.2) is 5.54 Å². The van der Waals surface area contributed by atoms with Crippen LogP contribution < -0.4 is 10.6 Å². The van der Waals surface area contributed by atoms with Crippen LogP contribution in [0.3, 0.4) is 0 Å². The summed E-state index contributed by atoms with van der Waals surface area (Å²) in [6.07, 6.45) is 0. The van der Waals surface area contributed by atoms with Crippen molar-refractivity contribution in [3.05, 3.63) is 132 Å². The number of benzene rings is 4. The molecule has 0 aromatic heterocycles. The van der Waals surface area contributed by atoms with Gasteiger partial charge in [-0.1, -0.05) is 115 Å². The van der Waals surface area contributed by atoms with Crippen LogP contribution in [0.4, 0.5) is 4.79 Å². The van der Waals surface area contributed by atoms with E-state index < -0.39 is 23.4 Å². The zero-order chi connectivity index (χ0) is 25.8. The van der Waals surface area contributed by atoms with E-state index in [1.54, 1.807) is 24.3 Å². The van der Waals surface area contributed by atoms with Crippen molar-refractivity contribution in [1.29, 1.82) is 0 Å². The van der Waals surface area contributed by atoms with Crippen LogP contribution in [0, 0.1) is 0 Å². The molecule has 6 heteroatoms. The molecule has 184 valence electrons. The van der Waals surface area contributed by atoms with Gasteiger partial charge in [-0.3, -0.25) is 14.5 Å². The molecular weight excluding hydrogens is 462 g/mol. The highest BCUT2D eigenvalue weighted by Crippen LogP contribution is 2.36. The van der Waals surface area contributed by atoms with E-state index in [4.69, 9.17) is 0 Å². The highest BCUT2D eigenvalue weighted by atomic mass is 16.2. The Balaban J connectivity index is 1.32. The fourth-order valence-corrected chi connectivity index (χ4v) is 4.76. The Morgan fingerprint density at radius 3 is 1.78 bits per heavy atom. The standard InChI is InChI=1S/C31H27N3O3/c1-22(23-17-19-25(20-18-23)24-11-5-2-6-12-24)32-28(35)21-34-29(36)31(33-30(34)37,26-13-7-3-8-14-26)27-15-9-4-10-16-27/h2-20,22H,21H2,1H3,(H,32,35)(H,33,37)/t22-/m1/s1. The van der Waals surface area contributed by atoms with Gasteiger partial charge in [0.2, 0.25) is 5.91 Å². The molecule has 1 saturated heterocycles. The third kappa shape index (κ3) is 4.61. The van der Waals surface area contributed by atoms with Crippen molar-refractivity contribution >= 4 is 17.8 Å². The molecule has 2 N–H and O–H groups in total. The summed E-state index contributed by atoms with van der Waals surface area (Å²) in [7, 11) is 0. The van der Waals surface area contributed by atoms with E-state index in [1.807, 2.05) is 97.9 Å². The molecule has 4 amide bonds. The lowest BCUT2D eigenvalue weighted by molar-refractivity contribution is -0.134. The van der Waals surface area contributed by atoms with Crippen molar-refractivity contribution < 1.29 is 14.4 Å². The van der Waals surface area contributed by atoms with E-state index >= 15 is 0 Å². The smallest absolute Gasteiger partial charge is 0.326 e. The first kappa shape index (κ1) is 24.0. The average Bonchev–Trinajstić information content (AvgIpc) is 3.20. The largest absolute Gasteiger partial charge is 0.348 e. The normalized spacial score (nSPS) is 15.2. The molecule has 0 unspecified atom stereocenters. The summed E-state index contributed by atoms with van der Waals surface area (Å²) in [5.74, 6) is -0.898. The van der Waals surface area contributed by atoms with Crippen molar-refractivity contribution in [3.8, 4) is 11.1 Å². The van der Waals surface area contributed by atoms with E-state index in [9.17, 15) is 14.4 Å². The number of carbonyl (C=O) groups is 3. The number of hydrogen-bond acceptors (Lipinski definition) is 3. The molecule has 4 aromatic carbocycles. The van der Waals surface area contributed by atoms with Crippen molar-refractivity contribution in [2.75, 3.05) is 6.54 Å². The van der Waals surface area contributed by atoms with Crippen molar-refractivity contribution in [2.24, 2.45) is 0 Å². The third-order valence-electron chi connectivity index (χ3n) is 6.72. The topological polar surface area (TPSA) is 78.5 Å². The summed E-state index contributed by atoms with van der Waals surface area (Å²) in [6.45, 7) is 1.50. The second-order valence-electron chi connectivity index (χ2n) is 9.08. The van der Waals surface area contributed by atoms with Crippen LogP contribution in [-0.4, -0.2) is 29.3 Å². The maximum absolute atomic E-state index is 13.8. The minimum atomic E-state index is -1.39. The van der Waals surface area contributed by atoms with Gasteiger partial charge in [0, 0.05) is 0 Å². The average molecular weight is 490 g/mol. The number of amides is 4. The zero-order valence-corrected chi connectivity index (χ0v) is 20.4. The molecule has 37 heavy (non-hydrogen) atoms. The van der Waals surface area contributed by atoms with Crippen LogP contribution in [-0.2, 0) is 15.1 Å². The molecule has 0 aliphatic carbocycles. The Labute approximate surface area is 215 Å². The predicted octanol–water partition coefficient (Wildman–Crippen LogP) is 5.03. The van der Waals surface area contributed by atoms with Gasteiger partial charge in [0.1, 0.15) is 6.54 Å². The predicted molar refractivity (Wildman–Crippen MR) is 142 cm³/mol. The number of nitrogens with zero attached hydrogens (tertiary/aromatic N) is 1. The first-order valence-corrected chi connectivity index (χ1v) is 12.2. The molecule has 0 spiro atoms. The van der Waals surface area contributed by atoms with Gasteiger partial charge in [-0.05, 0) is 34.7 Å². The van der Waals surface area contributed by atoms with E-state index in [0.29, 0.717) is 11.1 Å². The van der Waals surface area contributed by atoms with Crippen molar-refractivity contribution in [1.82, 2.24) is 15.5 Å². The SMILES string of the molecule is C[C@@H](NC(=O)CN1C(=O)NC(c2ccccc2)(c2ccccc2)C1=O)c1ccc(-c2ccccc2)cc1. The zero-order valence-electron chi connectivity index (χ0n) is 20.4. The Morgan fingerprint density at radius 1 is 0.757 bits per heavy atom. The van der Waals surface area contributed by atoms with Crippen molar-refractivity contribution in [2.45, 2.75) is 18.5 Å². The molecule has 1 fully saturated rings. The summed E-state index contributed by atoms with van der Waals surface area (Å²) in [6, 6.07) is 35.3. The van der Waals surface area contributed by atoms with Crippen LogP contribution >= 0.6 is 0 Å². The summed E-state index contributed by atoms with van der Waals surface area (Å²) < 4.78 is 0. The van der Waals surface area contributed by atoms with Gasteiger partial charge in [-0.15, -0.1) is 0 Å². The molecule has 0 bridgehead atoms. The first-order valence-electron chi connectivity index (χ1n) is 12.2. The first-order chi connectivity index (χ1) is 18.0. The minimum absolute atomic E-state index is 0.300. The molecule has 1 aliphatic rings. The highest BCUT2D eigenvalue weighted by Gasteiger charge is 2.54. The Kier molecular flexibility index (Phi) is 6.56. The van der Waals surface area contributed by atoms with Crippen LogP contribution in [0.15, 0.2) is 115 Å². The second-order valence-corrected chi connectivity index (χ2v) is 9.08. The maximum Gasteiger partial charge on any atom is 0.326 e. The molecule has 0 radical (unpaired) electrons. The molecule has 5 rings (SSSR count). The van der Waals surface area contributed by atoms with Crippen LogP contribution in [0.2, 0.25) is 0 Å². The molecule has 0 saturated carbocycles. The molecular formula is C31H27N3O3. The molecule has 6 nitrogen and oxygen atoms in total. The monoisotopic (exact) mass is 489 g/mol. The van der Waals surface area contributed by atoms with Crippen LogP contribution in [0.1, 0.15) is 29.7 Å². The van der Waals surface area contributed by atoms with Crippen LogP contribution in [0.25, 0.3) is 11.1 Å². The number of nitrogens with one attached hydrogen (secondary N) is 2. The molecule has 1 heterocycles. The number of hydrogen-bond donors (Lipinski definition) is 2. The van der Waals surface area contributed by atoms with Gasteiger partial charge in [-0.2, -0.15) is 0 Å². The van der Waals surface area contributed by atoms with Gasteiger partial charge in [0.25, 0.3) is 5.91 Å². The van der Waals surface area contributed by atoms with E-state index in [2.05, 4.69) is 10.6 Å². The summed E-state index contributed by atoms with van der Waals surface area (Å²) in [4.78, 5) is 40.7. The minimum Gasteiger partial charge on any atom is -0.348 e. The maximum atomic E-state index is 13.8. The number of rotatable bonds is 7. The lowest BCUT2D eigenvalue weighted by Gasteiger charge is -2.28. The second kappa shape index (κ2) is 10.1. The highest BCUT2D eigenvalue weighted by molar-refractivity contribution is 6.11. The molecule has 4 aromatic rings. The Bertz CT molecular complexity index is 1370. The third-order valence-corrected chi connectivity index (χ3v) is 6.72. The number of imide groups is 1. The van der Waals surface area contributed by atoms with Gasteiger partial charge >= 0.3 is 6.03 Å². The number of carbonyl (C=O) groups excluding carboxylic acids is 3. The molecule has 1 atom stereocenters. The van der Waals surface area contributed by atoms with Gasteiger partial charge in [0.05, 0.1) is 6.04 Å². The summed E-state index contributed by atoms with van der Waals surface area (Å²) in [5.41, 5.74) is 3.00. The Morgan fingerprint density at radius 2 is 1.24 bits per heavy atom. The lowest BCUT2D eigenvalue weighted by Crippen LogP contribution is -2.46. The summed E-state index contributed by atoms with van der Waals surface area (Å²) >= 11 is 0. The fourth-order valence-electron chi connectivity index (χ4n) is 4.76. The van der Waals surface area contributed by atoms with Gasteiger partial charge < -0.3 is 10.6 Å². The van der Waals surface area contributed by atoms with E-state index in [0.717, 1.165) is 21.6 Å². The van der Waals surface area contributed by atoms with E-state index in [1.165, 1.54) is 0 Å². The van der Waals surface area contributed by atoms with Gasteiger partial charge in [-0.25, -0.2) is 4.79 Å². The quantitative estimate of drug-likeness (QED) is 0.358. The fraction of sp³-hybridized carbons (Fsp3) is 0.129.